The van der Waals surface area contributed by atoms with Gasteiger partial charge in [0.15, 0.2) is 0 Å². The average molecular weight is 184 g/mol. The molecule has 0 aliphatic heterocycles. The van der Waals surface area contributed by atoms with Crippen LogP contribution in [0.25, 0.3) is 0 Å². The quantitative estimate of drug-likeness (QED) is 0.568. The Kier molecular flexibility index (Phi) is 4.43. The Balaban J connectivity index is 1.99. The monoisotopic (exact) mass is 184 g/mol. The molecule has 0 aromatic rings. The summed E-state index contributed by atoms with van der Waals surface area (Å²) in [5.41, 5.74) is 0. The lowest BCUT2D eigenvalue weighted by atomic mass is 10.1. The molecule has 0 aromatic heterocycles. The van der Waals surface area contributed by atoms with E-state index in [-0.39, 0.29) is 12.0 Å². The van der Waals surface area contributed by atoms with E-state index < -0.39 is 0 Å². The van der Waals surface area contributed by atoms with Crippen LogP contribution in [0.5, 0.6) is 0 Å². The molecule has 2 atom stereocenters. The number of methoxy groups -OCH3 is 1. The number of carbonyl (C=O) groups excluding carboxylic acids is 1. The number of hydrogen-bond acceptors (Lipinski definition) is 2. The van der Waals surface area contributed by atoms with Crippen molar-refractivity contribution in [3.05, 3.63) is 0 Å². The molecule has 0 saturated heterocycles. The second kappa shape index (κ2) is 5.38. The van der Waals surface area contributed by atoms with Crippen LogP contribution in [-0.2, 0) is 9.53 Å². The SMILES string of the molecule is CCCCCCC(=O)[C@@H]1C[C@H]1OC. The minimum Gasteiger partial charge on any atom is -0.381 e. The zero-order valence-corrected chi connectivity index (χ0v) is 8.71. The van der Waals surface area contributed by atoms with E-state index in [0.29, 0.717) is 5.78 Å². The van der Waals surface area contributed by atoms with E-state index in [9.17, 15) is 4.79 Å². The summed E-state index contributed by atoms with van der Waals surface area (Å²) in [6, 6.07) is 0. The minimum atomic E-state index is 0.242. The first kappa shape index (κ1) is 10.7. The van der Waals surface area contributed by atoms with Gasteiger partial charge in [0.25, 0.3) is 0 Å². The van der Waals surface area contributed by atoms with Crippen molar-refractivity contribution >= 4 is 5.78 Å². The zero-order valence-electron chi connectivity index (χ0n) is 8.71. The van der Waals surface area contributed by atoms with Gasteiger partial charge in [-0.3, -0.25) is 4.79 Å². The van der Waals surface area contributed by atoms with Crippen LogP contribution in [0, 0.1) is 5.92 Å². The topological polar surface area (TPSA) is 26.3 Å². The van der Waals surface area contributed by atoms with Gasteiger partial charge in [-0.1, -0.05) is 26.2 Å². The molecule has 0 amide bonds. The number of ketones is 1. The molecule has 0 aromatic carbocycles. The third kappa shape index (κ3) is 3.47. The molecule has 2 heteroatoms. The van der Waals surface area contributed by atoms with Crippen LogP contribution in [0.15, 0.2) is 0 Å². The summed E-state index contributed by atoms with van der Waals surface area (Å²) >= 11 is 0. The van der Waals surface area contributed by atoms with E-state index in [1.165, 1.54) is 19.3 Å². The Morgan fingerprint density at radius 2 is 2.15 bits per heavy atom. The van der Waals surface area contributed by atoms with Crippen LogP contribution < -0.4 is 0 Å². The summed E-state index contributed by atoms with van der Waals surface area (Å²) in [6.07, 6.45) is 6.74. The fourth-order valence-corrected chi connectivity index (χ4v) is 1.68. The van der Waals surface area contributed by atoms with Gasteiger partial charge >= 0.3 is 0 Å². The predicted octanol–water partition coefficient (Wildman–Crippen LogP) is 2.56. The van der Waals surface area contributed by atoms with Crippen molar-refractivity contribution in [3.63, 3.8) is 0 Å². The van der Waals surface area contributed by atoms with E-state index in [0.717, 1.165) is 19.3 Å². The zero-order chi connectivity index (χ0) is 9.68. The Hall–Kier alpha value is -0.370. The number of ether oxygens (including phenoxy) is 1. The standard InChI is InChI=1S/C11H20O2/c1-3-4-5-6-7-10(12)9-8-11(9)13-2/h9,11H,3-8H2,1-2H3/t9-,11+/m0/s1. The second-order valence-electron chi connectivity index (χ2n) is 3.89. The molecule has 0 spiro atoms. The van der Waals surface area contributed by atoms with Crippen molar-refractivity contribution in [2.45, 2.75) is 51.6 Å². The molecular formula is C11H20O2. The molecule has 1 aliphatic carbocycles. The summed E-state index contributed by atoms with van der Waals surface area (Å²) in [5.74, 6) is 0.662. The van der Waals surface area contributed by atoms with Crippen LogP contribution in [0.4, 0.5) is 0 Å². The summed E-state index contributed by atoms with van der Waals surface area (Å²) in [7, 11) is 1.69. The van der Waals surface area contributed by atoms with E-state index in [2.05, 4.69) is 6.92 Å². The first-order chi connectivity index (χ1) is 6.29. The van der Waals surface area contributed by atoms with Crippen molar-refractivity contribution in [2.75, 3.05) is 7.11 Å². The van der Waals surface area contributed by atoms with Crippen LogP contribution in [0.1, 0.15) is 45.4 Å². The molecule has 76 valence electrons. The molecule has 13 heavy (non-hydrogen) atoms. The molecule has 0 N–H and O–H groups in total. The van der Waals surface area contributed by atoms with Gasteiger partial charge in [0.1, 0.15) is 5.78 Å². The number of hydrogen-bond donors (Lipinski definition) is 0. The summed E-state index contributed by atoms with van der Waals surface area (Å²) in [6.45, 7) is 2.18. The maximum Gasteiger partial charge on any atom is 0.138 e. The second-order valence-corrected chi connectivity index (χ2v) is 3.89. The van der Waals surface area contributed by atoms with Gasteiger partial charge < -0.3 is 4.74 Å². The molecule has 1 saturated carbocycles. The summed E-state index contributed by atoms with van der Waals surface area (Å²) in [4.78, 5) is 11.5. The van der Waals surface area contributed by atoms with Crippen LogP contribution in [0.2, 0.25) is 0 Å². The third-order valence-corrected chi connectivity index (χ3v) is 2.72. The minimum absolute atomic E-state index is 0.242. The van der Waals surface area contributed by atoms with Crippen LogP contribution in [0.3, 0.4) is 0 Å². The largest absolute Gasteiger partial charge is 0.381 e. The Bertz CT molecular complexity index is 165. The van der Waals surface area contributed by atoms with Gasteiger partial charge in [-0.25, -0.2) is 0 Å². The van der Waals surface area contributed by atoms with Crippen molar-refractivity contribution in [3.8, 4) is 0 Å². The highest BCUT2D eigenvalue weighted by Gasteiger charge is 2.42. The van der Waals surface area contributed by atoms with Gasteiger partial charge in [0.05, 0.1) is 6.10 Å². The first-order valence-corrected chi connectivity index (χ1v) is 5.35. The van der Waals surface area contributed by atoms with Gasteiger partial charge in [0.2, 0.25) is 0 Å². The molecule has 0 radical (unpaired) electrons. The summed E-state index contributed by atoms with van der Waals surface area (Å²) in [5, 5.41) is 0. The van der Waals surface area contributed by atoms with Crippen molar-refractivity contribution in [1.29, 1.82) is 0 Å². The Morgan fingerprint density at radius 3 is 2.69 bits per heavy atom. The Morgan fingerprint density at radius 1 is 1.38 bits per heavy atom. The Labute approximate surface area is 80.7 Å². The van der Waals surface area contributed by atoms with E-state index >= 15 is 0 Å². The van der Waals surface area contributed by atoms with Crippen LogP contribution >= 0.6 is 0 Å². The number of unbranched alkanes of at least 4 members (excludes halogenated alkanes) is 3. The van der Waals surface area contributed by atoms with E-state index in [1.54, 1.807) is 7.11 Å². The molecule has 2 nitrogen and oxygen atoms in total. The van der Waals surface area contributed by atoms with E-state index in [4.69, 9.17) is 4.74 Å². The summed E-state index contributed by atoms with van der Waals surface area (Å²) < 4.78 is 5.10. The third-order valence-electron chi connectivity index (χ3n) is 2.72. The van der Waals surface area contributed by atoms with Crippen molar-refractivity contribution < 1.29 is 9.53 Å². The highest BCUT2D eigenvalue weighted by atomic mass is 16.5. The van der Waals surface area contributed by atoms with Crippen molar-refractivity contribution in [1.82, 2.24) is 0 Å². The molecule has 1 aliphatic rings. The maximum atomic E-state index is 11.5. The molecule has 1 rings (SSSR count). The fourth-order valence-electron chi connectivity index (χ4n) is 1.68. The number of rotatable bonds is 7. The molecular weight excluding hydrogens is 164 g/mol. The maximum absolute atomic E-state index is 11.5. The normalized spacial score (nSPS) is 26.0. The van der Waals surface area contributed by atoms with E-state index in [1.807, 2.05) is 0 Å². The molecule has 1 fully saturated rings. The molecule has 0 bridgehead atoms. The lowest BCUT2D eigenvalue weighted by Gasteiger charge is -1.99. The van der Waals surface area contributed by atoms with Gasteiger partial charge in [-0.15, -0.1) is 0 Å². The lowest BCUT2D eigenvalue weighted by Crippen LogP contribution is -2.05. The fraction of sp³-hybridized carbons (Fsp3) is 0.909. The first-order valence-electron chi connectivity index (χ1n) is 5.35. The number of carbonyl (C=O) groups is 1. The molecule has 0 heterocycles. The lowest BCUT2D eigenvalue weighted by molar-refractivity contribution is -0.121. The highest BCUT2D eigenvalue weighted by molar-refractivity contribution is 5.84. The smallest absolute Gasteiger partial charge is 0.138 e. The predicted molar refractivity (Wildman–Crippen MR) is 52.7 cm³/mol. The van der Waals surface area contributed by atoms with Crippen LogP contribution in [-0.4, -0.2) is 19.0 Å². The van der Waals surface area contributed by atoms with Gasteiger partial charge in [0, 0.05) is 19.4 Å². The van der Waals surface area contributed by atoms with Crippen molar-refractivity contribution in [2.24, 2.45) is 5.92 Å². The highest BCUT2D eigenvalue weighted by Crippen LogP contribution is 2.35. The number of Topliss-reactive ketones (excluding diaryl/α,β-unsaturated/α-hetero) is 1. The van der Waals surface area contributed by atoms with Gasteiger partial charge in [-0.05, 0) is 12.8 Å². The van der Waals surface area contributed by atoms with Gasteiger partial charge in [-0.2, -0.15) is 0 Å². The molecule has 0 unspecified atom stereocenters. The average Bonchev–Trinajstić information content (AvgIpc) is 2.91.